The average molecular weight is 1290 g/mol. The normalized spacial score (nSPS) is 25.7. The summed E-state index contributed by atoms with van der Waals surface area (Å²) in [6, 6.07) is 26.4. The van der Waals surface area contributed by atoms with Crippen LogP contribution in [0.1, 0.15) is 55.4 Å². The summed E-state index contributed by atoms with van der Waals surface area (Å²) in [6.45, 7) is 18.9. The second-order valence-corrected chi connectivity index (χ2v) is 38.8. The predicted octanol–water partition coefficient (Wildman–Crippen LogP) is 15.8. The van der Waals surface area contributed by atoms with Crippen molar-refractivity contribution in [3.8, 4) is 48.6 Å². The van der Waals surface area contributed by atoms with E-state index in [1.54, 1.807) is 82.5 Å². The van der Waals surface area contributed by atoms with E-state index in [0.717, 1.165) is 42.0 Å². The van der Waals surface area contributed by atoms with Crippen molar-refractivity contribution in [2.24, 2.45) is 0 Å². The molecule has 0 amide bonds. The minimum Gasteiger partial charge on any atom is -0.192 e. The third-order valence-corrected chi connectivity index (χ3v) is 37.2. The zero-order valence-electron chi connectivity index (χ0n) is 41.3. The molecule has 24 heteroatoms. The lowest BCUT2D eigenvalue weighted by Gasteiger charge is -2.24. The topological polar surface area (TPSA) is 190 Å². The molecule has 10 rings (SSSR count). The fourth-order valence-electron chi connectivity index (χ4n) is 6.34. The van der Waals surface area contributed by atoms with E-state index in [1.807, 2.05) is 94.1 Å². The van der Waals surface area contributed by atoms with Gasteiger partial charge in [0.15, 0.2) is 0 Å². The molecular formula is C52H40N8S16. The van der Waals surface area contributed by atoms with Gasteiger partial charge in [-0.25, -0.2) is 0 Å². The van der Waals surface area contributed by atoms with Gasteiger partial charge in [0.2, 0.25) is 0 Å². The van der Waals surface area contributed by atoms with Crippen LogP contribution in [-0.4, -0.2) is 42.0 Å². The van der Waals surface area contributed by atoms with Gasteiger partial charge >= 0.3 is 0 Å². The Morgan fingerprint density at radius 1 is 0.237 bits per heavy atom. The van der Waals surface area contributed by atoms with E-state index in [0.29, 0.717) is 20.9 Å². The first kappa shape index (κ1) is 61.5. The Labute approximate surface area is 512 Å². The van der Waals surface area contributed by atoms with Crippen LogP contribution in [0.25, 0.3) is 22.3 Å². The van der Waals surface area contributed by atoms with Gasteiger partial charge in [0.25, 0.3) is 0 Å². The Balaban J connectivity index is 0.000000150. The van der Waals surface area contributed by atoms with Gasteiger partial charge in [-0.3, -0.25) is 0 Å². The first-order valence-electron chi connectivity index (χ1n) is 22.7. The average Bonchev–Trinajstić information content (AvgIpc) is 4.23. The smallest absolute Gasteiger partial charge is 0.136 e. The summed E-state index contributed by atoms with van der Waals surface area (Å²) in [5.74, 6) is 0. The van der Waals surface area contributed by atoms with Gasteiger partial charge in [0.05, 0.1) is 50.8 Å². The van der Waals surface area contributed by atoms with E-state index in [1.165, 1.54) is 65.5 Å². The van der Waals surface area contributed by atoms with Gasteiger partial charge in [-0.2, -0.15) is 42.1 Å². The zero-order valence-corrected chi connectivity index (χ0v) is 54.4. The molecule has 0 aromatic heterocycles. The zero-order chi connectivity index (χ0) is 54.8. The van der Waals surface area contributed by atoms with E-state index < -0.39 is 0 Å². The van der Waals surface area contributed by atoms with E-state index >= 15 is 0 Å². The van der Waals surface area contributed by atoms with Crippen molar-refractivity contribution in [1.29, 1.82) is 42.1 Å². The molecule has 0 saturated heterocycles. The van der Waals surface area contributed by atoms with Crippen LogP contribution in [0.2, 0.25) is 0 Å². The van der Waals surface area contributed by atoms with Crippen LogP contribution < -0.4 is 20.9 Å². The van der Waals surface area contributed by atoms with E-state index in [-0.39, 0.29) is 22.3 Å². The molecule has 0 unspecified atom stereocenters. The van der Waals surface area contributed by atoms with E-state index in [4.69, 9.17) is 42.1 Å². The van der Waals surface area contributed by atoms with Gasteiger partial charge in [-0.15, -0.1) is 94.1 Å². The van der Waals surface area contributed by atoms with Crippen molar-refractivity contribution in [2.45, 2.75) is 97.4 Å². The van der Waals surface area contributed by atoms with Crippen molar-refractivity contribution < 1.29 is 0 Å². The highest BCUT2D eigenvalue weighted by Crippen LogP contribution is 2.71. The highest BCUT2D eigenvalue weighted by molar-refractivity contribution is 8.47. The monoisotopic (exact) mass is 1290 g/mol. The molecule has 0 aliphatic carbocycles. The number of benzene rings is 2. The molecule has 0 spiro atoms. The van der Waals surface area contributed by atoms with Crippen LogP contribution in [0.4, 0.5) is 0 Å². The summed E-state index contributed by atoms with van der Waals surface area (Å²) < 4.78 is 18.5. The van der Waals surface area contributed by atoms with Crippen LogP contribution in [-0.2, 0) is 0 Å². The molecule has 0 fully saturated rings. The molecule has 8 aliphatic rings. The Hall–Kier alpha value is -2.12. The molecule has 8 aliphatic heterocycles. The van der Waals surface area contributed by atoms with Crippen LogP contribution in [0, 0.1) is 90.6 Å². The predicted molar refractivity (Wildman–Crippen MR) is 349 cm³/mol. The molecule has 76 heavy (non-hydrogen) atoms. The number of nitrogens with zero attached hydrogens (tertiary/aromatic N) is 8. The minimum absolute atomic E-state index is 0.00187. The maximum absolute atomic E-state index is 8.63. The number of rotatable bonds is 0. The Kier molecular flexibility index (Phi) is 23.5. The van der Waals surface area contributed by atoms with E-state index in [2.05, 4.69) is 149 Å². The second-order valence-electron chi connectivity index (χ2n) is 16.4. The van der Waals surface area contributed by atoms with Crippen molar-refractivity contribution in [1.82, 2.24) is 0 Å². The third-order valence-electron chi connectivity index (χ3n) is 11.3. The van der Waals surface area contributed by atoms with Gasteiger partial charge in [0.1, 0.15) is 70.8 Å². The molecule has 8 nitrogen and oxygen atoms in total. The Morgan fingerprint density at radius 2 is 0.355 bits per heavy atom. The van der Waals surface area contributed by atoms with Crippen LogP contribution in [0.15, 0.2) is 99.4 Å². The van der Waals surface area contributed by atoms with Gasteiger partial charge in [-0.05, 0) is 0 Å². The summed E-state index contributed by atoms with van der Waals surface area (Å²) >= 11 is 32.8. The largest absolute Gasteiger partial charge is 0.192 e. The van der Waals surface area contributed by atoms with Crippen molar-refractivity contribution in [3.05, 3.63) is 120 Å². The summed E-state index contributed by atoms with van der Waals surface area (Å²) in [4.78, 5) is 0. The molecule has 0 saturated carbocycles. The van der Waals surface area contributed by atoms with Crippen LogP contribution in [0.3, 0.4) is 0 Å². The standard InChI is InChI=1S/2C14H16S8.2C12H4N4/c2*1-5-6(2)16-10-9(15-5)19-13(20-10)14-21-11-12(22-14)18-8(4)7(3)17-11;2*13-5-11(6-14)9-1-2-10(4-3-9)12(7-15)8-16/h2*5-8H,1-4H3;2*1-4H/t2*5-,6-,7-,8-;;/m00../s1. The number of thioether (sulfide) groups is 16. The highest BCUT2D eigenvalue weighted by Gasteiger charge is 2.40. The molecule has 8 atom stereocenters. The third kappa shape index (κ3) is 15.3. The molecular weight excluding hydrogens is 1250 g/mol. The molecule has 8 heterocycles. The summed E-state index contributed by atoms with van der Waals surface area (Å²) in [6.07, 6.45) is 0. The summed E-state index contributed by atoms with van der Waals surface area (Å²) in [5.41, 5.74) is 0.00746. The van der Waals surface area contributed by atoms with Crippen molar-refractivity contribution in [3.63, 3.8) is 0 Å². The van der Waals surface area contributed by atoms with Crippen molar-refractivity contribution in [2.75, 3.05) is 0 Å². The molecule has 0 N–H and O–H groups in total. The first-order chi connectivity index (χ1) is 36.5. The van der Waals surface area contributed by atoms with Crippen molar-refractivity contribution >= 4 is 210 Å². The Morgan fingerprint density at radius 3 is 0.461 bits per heavy atom. The maximum Gasteiger partial charge on any atom is 0.136 e. The van der Waals surface area contributed by atoms with Gasteiger partial charge in [-0.1, -0.05) is 198 Å². The lowest BCUT2D eigenvalue weighted by atomic mass is 10.1. The number of nitriles is 8. The second kappa shape index (κ2) is 29.0. The highest BCUT2D eigenvalue weighted by atomic mass is 32.3. The first-order valence-corrected chi connectivity index (χ1v) is 36.2. The van der Waals surface area contributed by atoms with Gasteiger partial charge < -0.3 is 0 Å². The molecule has 0 bridgehead atoms. The lowest BCUT2D eigenvalue weighted by Crippen LogP contribution is -2.14. The lowest BCUT2D eigenvalue weighted by molar-refractivity contribution is 0.931. The number of hydrogen-bond acceptors (Lipinski definition) is 24. The van der Waals surface area contributed by atoms with E-state index in [9.17, 15) is 0 Å². The quantitative estimate of drug-likeness (QED) is 0.242. The SMILES string of the molecule is C[C@@H]1SC2=C(SC(=C3SC4=C(S3)S[C@@H](C)[C@H](C)S4)S2)S[C@H]1C.C[C@@H]1SC2=C(SC(=C3SC4=C(S3)S[C@@H](C)[C@H](C)S4)S2)S[C@H]1C.N#CC(C#N)=c1ccc(=C(C#N)C#N)cc1.N#CC(C#N)=c1ccc(=C(C#N)C#N)cc1. The minimum atomic E-state index is 0.00187. The van der Waals surface area contributed by atoms with Crippen LogP contribution in [0.5, 0.6) is 0 Å². The fourth-order valence-corrected chi connectivity index (χ4v) is 32.8. The Bertz CT molecular complexity index is 2890. The number of hydrogen-bond donors (Lipinski definition) is 0. The molecule has 2 aromatic carbocycles. The van der Waals surface area contributed by atoms with Gasteiger partial charge in [0, 0.05) is 62.9 Å². The molecule has 2 aromatic rings. The maximum atomic E-state index is 8.63. The molecule has 0 radical (unpaired) electrons. The molecule has 384 valence electrons. The fraction of sp³-hybridized carbons (Fsp3) is 0.308. The van der Waals surface area contributed by atoms with Crippen LogP contribution >= 0.6 is 188 Å². The summed E-state index contributed by atoms with van der Waals surface area (Å²) in [7, 11) is 0. The summed E-state index contributed by atoms with van der Waals surface area (Å²) in [5, 5.41) is 76.8.